The number of rotatable bonds is 7. The van der Waals surface area contributed by atoms with Crippen molar-refractivity contribution in [2.45, 2.75) is 19.4 Å². The van der Waals surface area contributed by atoms with Crippen molar-refractivity contribution in [3.63, 3.8) is 0 Å². The molecule has 0 bridgehead atoms. The summed E-state index contributed by atoms with van der Waals surface area (Å²) in [5.41, 5.74) is 2.02. The molecule has 2 aliphatic rings. The number of hydrogen-bond acceptors (Lipinski definition) is 5. The lowest BCUT2D eigenvalue weighted by atomic mass is 9.86. The van der Waals surface area contributed by atoms with Crippen molar-refractivity contribution in [1.82, 2.24) is 9.80 Å². The van der Waals surface area contributed by atoms with E-state index in [9.17, 15) is 18.8 Å². The van der Waals surface area contributed by atoms with Crippen molar-refractivity contribution in [3.05, 3.63) is 71.0 Å². The molecule has 0 aliphatic carbocycles. The Labute approximate surface area is 187 Å². The van der Waals surface area contributed by atoms with Gasteiger partial charge in [0.15, 0.2) is 5.78 Å². The maximum atomic E-state index is 13.3. The summed E-state index contributed by atoms with van der Waals surface area (Å²) in [5.74, 6) is -3.38. The highest BCUT2D eigenvalue weighted by atomic mass is 19.1. The van der Waals surface area contributed by atoms with E-state index in [4.69, 9.17) is 4.74 Å². The summed E-state index contributed by atoms with van der Waals surface area (Å²) in [6.07, 6.45) is 0.693. The molecule has 2 fully saturated rings. The Morgan fingerprint density at radius 1 is 1.00 bits per heavy atom. The van der Waals surface area contributed by atoms with Crippen molar-refractivity contribution in [3.8, 4) is 0 Å². The maximum absolute atomic E-state index is 13.3. The van der Waals surface area contributed by atoms with Gasteiger partial charge in [-0.05, 0) is 43.2 Å². The summed E-state index contributed by atoms with van der Waals surface area (Å²) in [4.78, 5) is 43.1. The molecular formula is C25H27FN2O4. The third-order valence-corrected chi connectivity index (χ3v) is 6.21. The van der Waals surface area contributed by atoms with Gasteiger partial charge in [0.25, 0.3) is 5.91 Å². The summed E-state index contributed by atoms with van der Waals surface area (Å²) in [5, 5.41) is 0. The van der Waals surface area contributed by atoms with Crippen LogP contribution >= 0.6 is 0 Å². The molecule has 2 aromatic rings. The number of carbonyl (C=O) groups excluding carboxylic acids is 3. The predicted octanol–water partition coefficient (Wildman–Crippen LogP) is 2.81. The molecule has 2 atom stereocenters. The van der Waals surface area contributed by atoms with Gasteiger partial charge >= 0.3 is 0 Å². The molecule has 4 rings (SSSR count). The zero-order chi connectivity index (χ0) is 22.7. The van der Waals surface area contributed by atoms with Gasteiger partial charge in [0.05, 0.1) is 19.3 Å². The van der Waals surface area contributed by atoms with Crippen molar-refractivity contribution < 1.29 is 23.5 Å². The first kappa shape index (κ1) is 22.3. The van der Waals surface area contributed by atoms with Crippen LogP contribution < -0.4 is 0 Å². The number of likely N-dealkylation sites (tertiary alicyclic amines) is 1. The maximum Gasteiger partial charge on any atom is 0.291 e. The molecule has 7 heteroatoms. The summed E-state index contributed by atoms with van der Waals surface area (Å²) >= 11 is 0. The second-order valence-corrected chi connectivity index (χ2v) is 8.37. The third kappa shape index (κ3) is 4.64. The zero-order valence-electron chi connectivity index (χ0n) is 18.1. The number of hydrogen-bond donors (Lipinski definition) is 0. The number of nitrogens with zero attached hydrogens (tertiary/aromatic N) is 2. The largest absolute Gasteiger partial charge is 0.379 e. The van der Waals surface area contributed by atoms with Gasteiger partial charge in [0, 0.05) is 31.7 Å². The minimum Gasteiger partial charge on any atom is -0.379 e. The Kier molecular flexibility index (Phi) is 6.77. The first-order valence-electron chi connectivity index (χ1n) is 11.0. The van der Waals surface area contributed by atoms with Gasteiger partial charge in [0.2, 0.25) is 5.78 Å². The normalized spacial score (nSPS) is 21.9. The number of ether oxygens (including phenoxy) is 1. The topological polar surface area (TPSA) is 66.9 Å². The van der Waals surface area contributed by atoms with Gasteiger partial charge in [0.1, 0.15) is 11.7 Å². The second-order valence-electron chi connectivity index (χ2n) is 8.37. The van der Waals surface area contributed by atoms with Crippen LogP contribution in [-0.2, 0) is 14.3 Å². The number of amides is 1. The van der Waals surface area contributed by atoms with Crippen LogP contribution in [0.5, 0.6) is 0 Å². The number of morpholine rings is 1. The molecule has 2 heterocycles. The zero-order valence-corrected chi connectivity index (χ0v) is 18.1. The lowest BCUT2D eigenvalue weighted by molar-refractivity contribution is -0.140. The quantitative estimate of drug-likeness (QED) is 0.378. The lowest BCUT2D eigenvalue weighted by Gasteiger charge is -2.30. The lowest BCUT2D eigenvalue weighted by Crippen LogP contribution is -2.39. The van der Waals surface area contributed by atoms with Crippen LogP contribution in [0.3, 0.4) is 0 Å². The minimum atomic E-state index is -1.14. The molecule has 2 aliphatic heterocycles. The van der Waals surface area contributed by atoms with Crippen molar-refractivity contribution in [2.75, 3.05) is 39.4 Å². The molecule has 32 heavy (non-hydrogen) atoms. The highest BCUT2D eigenvalue weighted by Crippen LogP contribution is 2.38. The van der Waals surface area contributed by atoms with E-state index in [2.05, 4.69) is 4.90 Å². The van der Waals surface area contributed by atoms with Crippen molar-refractivity contribution in [1.29, 1.82) is 0 Å². The fourth-order valence-corrected chi connectivity index (χ4v) is 4.45. The van der Waals surface area contributed by atoms with Crippen LogP contribution in [0.15, 0.2) is 48.5 Å². The fourth-order valence-electron chi connectivity index (χ4n) is 4.45. The van der Waals surface area contributed by atoms with E-state index in [1.165, 1.54) is 24.3 Å². The van der Waals surface area contributed by atoms with Gasteiger partial charge in [-0.25, -0.2) is 4.39 Å². The average Bonchev–Trinajstić information content (AvgIpc) is 3.05. The van der Waals surface area contributed by atoms with Crippen LogP contribution in [0.1, 0.15) is 33.9 Å². The average molecular weight is 438 g/mol. The molecule has 0 saturated carbocycles. The van der Waals surface area contributed by atoms with E-state index < -0.39 is 35.3 Å². The van der Waals surface area contributed by atoms with Crippen LogP contribution in [0.25, 0.3) is 0 Å². The summed E-state index contributed by atoms with van der Waals surface area (Å²) < 4.78 is 18.7. The Morgan fingerprint density at radius 3 is 2.31 bits per heavy atom. The number of carbonyl (C=O) groups is 3. The molecular weight excluding hydrogens is 411 g/mol. The molecule has 0 radical (unpaired) electrons. The minimum absolute atomic E-state index is 0.227. The summed E-state index contributed by atoms with van der Waals surface area (Å²) in [7, 11) is 0. The monoisotopic (exact) mass is 438 g/mol. The van der Waals surface area contributed by atoms with E-state index in [-0.39, 0.29) is 5.56 Å². The van der Waals surface area contributed by atoms with Gasteiger partial charge in [-0.2, -0.15) is 0 Å². The predicted molar refractivity (Wildman–Crippen MR) is 117 cm³/mol. The molecule has 0 spiro atoms. The van der Waals surface area contributed by atoms with Gasteiger partial charge < -0.3 is 9.64 Å². The SMILES string of the molecule is Cc1ccc(C2C(C(=O)c3ccc(F)cc3)C(=O)C(=O)N2CCCN2CCOCC2)cc1. The number of halogens is 1. The van der Waals surface area contributed by atoms with Crippen LogP contribution in [0, 0.1) is 18.7 Å². The van der Waals surface area contributed by atoms with Crippen molar-refractivity contribution in [2.24, 2.45) is 5.92 Å². The van der Waals surface area contributed by atoms with Gasteiger partial charge in [-0.3, -0.25) is 19.3 Å². The Balaban J connectivity index is 1.60. The highest BCUT2D eigenvalue weighted by Gasteiger charge is 2.51. The Bertz CT molecular complexity index is 984. The summed E-state index contributed by atoms with van der Waals surface area (Å²) in [6, 6.07) is 12.0. The third-order valence-electron chi connectivity index (χ3n) is 6.21. The molecule has 2 saturated heterocycles. The molecule has 1 amide bonds. The van der Waals surface area contributed by atoms with Crippen LogP contribution in [0.2, 0.25) is 0 Å². The molecule has 2 aromatic carbocycles. The van der Waals surface area contributed by atoms with E-state index in [1.807, 2.05) is 31.2 Å². The van der Waals surface area contributed by atoms with Gasteiger partial charge in [-0.1, -0.05) is 29.8 Å². The van der Waals surface area contributed by atoms with E-state index in [0.29, 0.717) is 26.2 Å². The fraction of sp³-hybridized carbons (Fsp3) is 0.400. The number of aryl methyl sites for hydroxylation is 1. The van der Waals surface area contributed by atoms with Gasteiger partial charge in [-0.15, -0.1) is 0 Å². The van der Waals surface area contributed by atoms with Crippen molar-refractivity contribution >= 4 is 17.5 Å². The number of ketones is 2. The standard InChI is InChI=1S/C25H27FN2O4/c1-17-3-5-18(6-4-17)22-21(23(29)19-7-9-20(26)10-8-19)24(30)25(31)28(22)12-2-11-27-13-15-32-16-14-27/h3-10,21-22H,2,11-16H2,1H3. The molecule has 168 valence electrons. The molecule has 2 unspecified atom stereocenters. The van der Waals surface area contributed by atoms with E-state index in [0.717, 1.165) is 30.8 Å². The highest BCUT2D eigenvalue weighted by molar-refractivity contribution is 6.44. The Morgan fingerprint density at radius 2 is 1.66 bits per heavy atom. The Hall–Kier alpha value is -2.90. The van der Waals surface area contributed by atoms with E-state index >= 15 is 0 Å². The summed E-state index contributed by atoms with van der Waals surface area (Å²) in [6.45, 7) is 6.21. The first-order valence-corrected chi connectivity index (χ1v) is 11.0. The van der Waals surface area contributed by atoms with Crippen LogP contribution in [-0.4, -0.2) is 66.7 Å². The number of benzene rings is 2. The van der Waals surface area contributed by atoms with E-state index in [1.54, 1.807) is 4.90 Å². The first-order chi connectivity index (χ1) is 15.5. The second kappa shape index (κ2) is 9.71. The molecule has 6 nitrogen and oxygen atoms in total. The molecule has 0 N–H and O–H groups in total. The molecule has 0 aromatic heterocycles. The smallest absolute Gasteiger partial charge is 0.291 e. The van der Waals surface area contributed by atoms with Crippen LogP contribution in [0.4, 0.5) is 4.39 Å². The number of Topliss-reactive ketones (excluding diaryl/α,β-unsaturated/α-hetero) is 2.